The topological polar surface area (TPSA) is 84.5 Å². The van der Waals surface area contributed by atoms with Crippen LogP contribution >= 0.6 is 0 Å². The molecule has 2 N–H and O–H groups in total. The van der Waals surface area contributed by atoms with Gasteiger partial charge in [-0.2, -0.15) is 0 Å². The van der Waals surface area contributed by atoms with Crippen LogP contribution in [0.15, 0.2) is 78.9 Å². The predicted octanol–water partition coefficient (Wildman–Crippen LogP) is 4.76. The van der Waals surface area contributed by atoms with Crippen molar-refractivity contribution in [1.29, 1.82) is 0 Å². The third-order valence-electron chi connectivity index (χ3n) is 5.83. The Balaban J connectivity index is 1.37. The van der Waals surface area contributed by atoms with Crippen molar-refractivity contribution in [3.63, 3.8) is 0 Å². The summed E-state index contributed by atoms with van der Waals surface area (Å²) in [7, 11) is 1.33. The first-order valence-electron chi connectivity index (χ1n) is 11.9. The van der Waals surface area contributed by atoms with Gasteiger partial charge < -0.3 is 15.4 Å². The van der Waals surface area contributed by atoms with Gasteiger partial charge in [0.25, 0.3) is 5.91 Å². The molecule has 0 heterocycles. The van der Waals surface area contributed by atoms with Gasteiger partial charge in [-0.15, -0.1) is 0 Å². The quantitative estimate of drug-likeness (QED) is 0.253. The van der Waals surface area contributed by atoms with Crippen molar-refractivity contribution in [2.75, 3.05) is 7.11 Å². The first-order chi connectivity index (χ1) is 17.9. The number of esters is 1. The number of benzene rings is 3. The Hall–Kier alpha value is -4.52. The molecule has 1 saturated carbocycles. The number of nitrogens with one attached hydrogen (secondary N) is 2. The Kier molecular flexibility index (Phi) is 8.26. The molecule has 0 saturated heterocycles. The third kappa shape index (κ3) is 7.48. The summed E-state index contributed by atoms with van der Waals surface area (Å²) in [6.07, 6.45) is 6.86. The number of amides is 2. The van der Waals surface area contributed by atoms with Gasteiger partial charge in [-0.25, -0.2) is 9.18 Å². The molecule has 37 heavy (non-hydrogen) atoms. The molecule has 0 unspecified atom stereocenters. The molecule has 0 aliphatic heterocycles. The number of halogens is 1. The molecule has 0 aromatic heterocycles. The van der Waals surface area contributed by atoms with Crippen LogP contribution in [0.5, 0.6) is 0 Å². The molecule has 0 atom stereocenters. The number of carbonyl (C=O) groups is 3. The summed E-state index contributed by atoms with van der Waals surface area (Å²) in [5, 5.41) is 5.79. The van der Waals surface area contributed by atoms with Crippen molar-refractivity contribution in [2.24, 2.45) is 0 Å². The van der Waals surface area contributed by atoms with E-state index in [4.69, 9.17) is 0 Å². The maximum Gasteiger partial charge on any atom is 0.337 e. The second-order valence-electron chi connectivity index (χ2n) is 8.72. The van der Waals surface area contributed by atoms with E-state index in [2.05, 4.69) is 15.4 Å². The average molecular weight is 499 g/mol. The fourth-order valence-electron chi connectivity index (χ4n) is 3.57. The van der Waals surface area contributed by atoms with E-state index in [0.717, 1.165) is 29.5 Å². The average Bonchev–Trinajstić information content (AvgIpc) is 3.74. The molecule has 3 aromatic rings. The number of hydrogen-bond acceptors (Lipinski definition) is 4. The SMILES string of the molecule is COC(=O)c1ccc(CNC(=O)/C=C/c2ccc(/C=C(/C(=O)NC3CC3)c3ccc(F)cc3)cc2)cc1. The summed E-state index contributed by atoms with van der Waals surface area (Å²) in [5.74, 6) is -1.21. The van der Waals surface area contributed by atoms with Gasteiger partial charge in [0.05, 0.1) is 12.7 Å². The Labute approximate surface area is 214 Å². The minimum absolute atomic E-state index is 0.185. The zero-order valence-corrected chi connectivity index (χ0v) is 20.4. The maximum absolute atomic E-state index is 13.4. The zero-order chi connectivity index (χ0) is 26.2. The van der Waals surface area contributed by atoms with Crippen molar-refractivity contribution in [2.45, 2.75) is 25.4 Å². The van der Waals surface area contributed by atoms with Crippen LogP contribution in [0.3, 0.4) is 0 Å². The molecule has 3 aromatic carbocycles. The molecule has 7 heteroatoms. The normalized spacial score (nSPS) is 13.3. The van der Waals surface area contributed by atoms with E-state index < -0.39 is 5.97 Å². The van der Waals surface area contributed by atoms with Crippen molar-refractivity contribution in [3.05, 3.63) is 113 Å². The van der Waals surface area contributed by atoms with E-state index in [1.807, 2.05) is 24.3 Å². The van der Waals surface area contributed by atoms with Gasteiger partial charge >= 0.3 is 5.97 Å². The van der Waals surface area contributed by atoms with Crippen LogP contribution in [0.4, 0.5) is 4.39 Å². The van der Waals surface area contributed by atoms with Crippen LogP contribution in [0, 0.1) is 5.82 Å². The zero-order valence-electron chi connectivity index (χ0n) is 20.4. The van der Waals surface area contributed by atoms with Crippen LogP contribution in [0.25, 0.3) is 17.7 Å². The molecule has 1 fully saturated rings. The van der Waals surface area contributed by atoms with E-state index in [9.17, 15) is 18.8 Å². The molecule has 0 bridgehead atoms. The summed E-state index contributed by atoms with van der Waals surface area (Å²) < 4.78 is 18.1. The van der Waals surface area contributed by atoms with E-state index in [1.165, 1.54) is 25.3 Å². The molecular weight excluding hydrogens is 471 g/mol. The van der Waals surface area contributed by atoms with Crippen LogP contribution in [-0.4, -0.2) is 30.9 Å². The molecule has 2 amide bonds. The van der Waals surface area contributed by atoms with E-state index in [0.29, 0.717) is 23.2 Å². The summed E-state index contributed by atoms with van der Waals surface area (Å²) in [6, 6.07) is 20.3. The van der Waals surface area contributed by atoms with E-state index in [1.54, 1.807) is 48.6 Å². The van der Waals surface area contributed by atoms with Crippen molar-refractivity contribution >= 4 is 35.5 Å². The largest absolute Gasteiger partial charge is 0.465 e. The van der Waals surface area contributed by atoms with Crippen LogP contribution < -0.4 is 10.6 Å². The molecule has 6 nitrogen and oxygen atoms in total. The highest BCUT2D eigenvalue weighted by Crippen LogP contribution is 2.24. The minimum atomic E-state index is -0.409. The van der Waals surface area contributed by atoms with Gasteiger partial charge in [0, 0.05) is 24.2 Å². The van der Waals surface area contributed by atoms with Gasteiger partial charge in [-0.05, 0) is 71.5 Å². The van der Waals surface area contributed by atoms with Crippen LogP contribution in [0.2, 0.25) is 0 Å². The highest BCUT2D eigenvalue weighted by Gasteiger charge is 2.25. The first-order valence-corrected chi connectivity index (χ1v) is 11.9. The lowest BCUT2D eigenvalue weighted by Gasteiger charge is -2.09. The summed E-state index contributed by atoms with van der Waals surface area (Å²) in [4.78, 5) is 36.5. The summed E-state index contributed by atoms with van der Waals surface area (Å²) in [5.41, 5.74) is 4.04. The van der Waals surface area contributed by atoms with E-state index >= 15 is 0 Å². The monoisotopic (exact) mass is 498 g/mol. The number of methoxy groups -OCH3 is 1. The van der Waals surface area contributed by atoms with E-state index in [-0.39, 0.29) is 23.7 Å². The second-order valence-corrected chi connectivity index (χ2v) is 8.72. The smallest absolute Gasteiger partial charge is 0.337 e. The van der Waals surface area contributed by atoms with Crippen LogP contribution in [-0.2, 0) is 20.9 Å². The van der Waals surface area contributed by atoms with Crippen molar-refractivity contribution in [1.82, 2.24) is 10.6 Å². The van der Waals surface area contributed by atoms with Gasteiger partial charge in [-0.3, -0.25) is 9.59 Å². The highest BCUT2D eigenvalue weighted by atomic mass is 19.1. The Morgan fingerprint density at radius 1 is 0.892 bits per heavy atom. The third-order valence-corrected chi connectivity index (χ3v) is 5.83. The molecule has 4 rings (SSSR count). The molecule has 188 valence electrons. The number of carbonyl (C=O) groups excluding carboxylic acids is 3. The highest BCUT2D eigenvalue weighted by molar-refractivity contribution is 6.24. The molecule has 0 radical (unpaired) electrons. The molecule has 1 aliphatic carbocycles. The summed E-state index contributed by atoms with van der Waals surface area (Å²) >= 11 is 0. The Morgan fingerprint density at radius 3 is 2.14 bits per heavy atom. The fraction of sp³-hybridized carbons (Fsp3) is 0.167. The van der Waals surface area contributed by atoms with Gasteiger partial charge in [0.1, 0.15) is 5.82 Å². The number of hydrogen-bond donors (Lipinski definition) is 2. The number of rotatable bonds is 9. The lowest BCUT2D eigenvalue weighted by atomic mass is 10.0. The minimum Gasteiger partial charge on any atom is -0.465 e. The lowest BCUT2D eigenvalue weighted by molar-refractivity contribution is -0.117. The van der Waals surface area contributed by atoms with Crippen molar-refractivity contribution < 1.29 is 23.5 Å². The standard InChI is InChI=1S/C30H27FN2O4/c1-37-30(36)24-9-6-22(7-10-24)19-32-28(34)17-8-20-2-4-21(5-3-20)18-27(29(35)33-26-15-16-26)23-11-13-25(31)14-12-23/h2-14,17-18,26H,15-16,19H2,1H3,(H,32,34)(H,33,35)/b17-8+,27-18+. The Morgan fingerprint density at radius 2 is 1.51 bits per heavy atom. The predicted molar refractivity (Wildman–Crippen MR) is 141 cm³/mol. The van der Waals surface area contributed by atoms with Gasteiger partial charge in [-0.1, -0.05) is 48.5 Å². The lowest BCUT2D eigenvalue weighted by Crippen LogP contribution is -2.26. The number of ether oxygens (including phenoxy) is 1. The molecule has 0 spiro atoms. The second kappa shape index (κ2) is 11.9. The van der Waals surface area contributed by atoms with Crippen molar-refractivity contribution in [3.8, 4) is 0 Å². The fourth-order valence-corrected chi connectivity index (χ4v) is 3.57. The van der Waals surface area contributed by atoms with Crippen LogP contribution in [0.1, 0.15) is 45.5 Å². The van der Waals surface area contributed by atoms with Gasteiger partial charge in [0.15, 0.2) is 0 Å². The molecular formula is C30H27FN2O4. The van der Waals surface area contributed by atoms with Gasteiger partial charge in [0.2, 0.25) is 5.91 Å². The Bertz CT molecular complexity index is 1320. The first kappa shape index (κ1) is 25.6. The summed E-state index contributed by atoms with van der Waals surface area (Å²) in [6.45, 7) is 0.323. The molecule has 1 aliphatic rings. The maximum atomic E-state index is 13.4.